The zero-order valence-corrected chi connectivity index (χ0v) is 18.8. The van der Waals surface area contributed by atoms with Gasteiger partial charge in [-0.1, -0.05) is 6.92 Å². The summed E-state index contributed by atoms with van der Waals surface area (Å²) in [6.45, 7) is 2.79. The average molecular weight is 534 g/mol. The van der Waals surface area contributed by atoms with Crippen LogP contribution in [0.25, 0.3) is 11.0 Å². The van der Waals surface area contributed by atoms with Gasteiger partial charge in [0.25, 0.3) is 0 Å². The topological polar surface area (TPSA) is 117 Å². The number of ether oxygens (including phenoxy) is 1. The minimum atomic E-state index is -0.890. The normalized spacial score (nSPS) is 12.1. The summed E-state index contributed by atoms with van der Waals surface area (Å²) in [5.41, 5.74) is -0.541. The summed E-state index contributed by atoms with van der Waals surface area (Å²) in [4.78, 5) is 24.7. The number of carbonyl (C=O) groups is 2. The molecule has 2 aromatic carbocycles. The third-order valence-corrected chi connectivity index (χ3v) is 5.45. The Labute approximate surface area is 190 Å². The van der Waals surface area contributed by atoms with Crippen molar-refractivity contribution in [3.8, 4) is 23.0 Å². The summed E-state index contributed by atoms with van der Waals surface area (Å²) in [5.74, 6) is -4.21. The van der Waals surface area contributed by atoms with E-state index < -0.39 is 34.8 Å². The molecule has 1 heterocycles. The highest BCUT2D eigenvalue weighted by molar-refractivity contribution is 9.11. The lowest BCUT2D eigenvalue weighted by atomic mass is 9.83. The summed E-state index contributed by atoms with van der Waals surface area (Å²) in [5, 5.41) is 30.1. The molecule has 3 N–H and O–H groups in total. The molecule has 0 aliphatic rings. The fourth-order valence-corrected chi connectivity index (χ4v) is 4.30. The van der Waals surface area contributed by atoms with Gasteiger partial charge < -0.3 is 24.5 Å². The van der Waals surface area contributed by atoms with E-state index in [0.29, 0.717) is 8.95 Å². The molecule has 0 saturated carbocycles. The van der Waals surface area contributed by atoms with Crippen LogP contribution in [-0.2, 0) is 4.79 Å². The van der Waals surface area contributed by atoms with E-state index in [-0.39, 0.29) is 39.1 Å². The number of hydrogen-bond acceptors (Lipinski definition) is 7. The molecule has 0 spiro atoms. The molecule has 150 valence electrons. The van der Waals surface area contributed by atoms with E-state index in [0.717, 1.165) is 0 Å². The molecule has 4 radical (unpaired) electrons. The van der Waals surface area contributed by atoms with Crippen molar-refractivity contribution < 1.29 is 34.1 Å². The highest BCUT2D eigenvalue weighted by Crippen LogP contribution is 2.45. The van der Waals surface area contributed by atoms with Gasteiger partial charge in [0.1, 0.15) is 19.2 Å². The largest absolute Gasteiger partial charge is 0.504 e. The molecule has 0 aliphatic carbocycles. The number of esters is 1. The van der Waals surface area contributed by atoms with Gasteiger partial charge in [0.15, 0.2) is 23.0 Å². The maximum absolute atomic E-state index is 13.4. The van der Waals surface area contributed by atoms with Crippen molar-refractivity contribution >= 4 is 75.7 Å². The van der Waals surface area contributed by atoms with Gasteiger partial charge >= 0.3 is 5.97 Å². The highest BCUT2D eigenvalue weighted by atomic mass is 79.9. The number of aromatic hydroxyl groups is 3. The van der Waals surface area contributed by atoms with Crippen molar-refractivity contribution in [2.24, 2.45) is 0 Å². The molecule has 1 aromatic heterocycles. The van der Waals surface area contributed by atoms with Crippen LogP contribution < -0.4 is 10.2 Å². The molecular weight excluding hydrogens is 522 g/mol. The van der Waals surface area contributed by atoms with E-state index in [1.807, 2.05) is 0 Å². The number of carbonyl (C=O) groups excluding carboxylic acids is 2. The molecule has 30 heavy (non-hydrogen) atoms. The standard InChI is InChI=1S/C19H12B2Br2O7/c1-5(20)17-10(11-14(26)16(28)15(27)12(21)19(11)30-17)13(25)7-3-8(22)18(9(23)4-7)29-6(2)24/h3-5,26-28H,1-2H3. The third kappa shape index (κ3) is 3.60. The van der Waals surface area contributed by atoms with E-state index >= 15 is 0 Å². The monoisotopic (exact) mass is 532 g/mol. The Morgan fingerprint density at radius 3 is 2.17 bits per heavy atom. The molecule has 0 amide bonds. The Hall–Kier alpha value is -2.39. The summed E-state index contributed by atoms with van der Waals surface area (Å²) in [6.07, 6.45) is 0. The predicted octanol–water partition coefficient (Wildman–Crippen LogP) is 3.25. The molecule has 0 fully saturated rings. The highest BCUT2D eigenvalue weighted by Gasteiger charge is 2.30. The summed E-state index contributed by atoms with van der Waals surface area (Å²) in [6, 6.07) is 2.83. The quantitative estimate of drug-likeness (QED) is 0.155. The number of halogens is 2. The molecular formula is C19H12B2Br2O7. The number of ketones is 1. The van der Waals surface area contributed by atoms with Crippen LogP contribution in [0.15, 0.2) is 25.5 Å². The summed E-state index contributed by atoms with van der Waals surface area (Å²) in [7, 11) is 11.7. The number of rotatable bonds is 4. The van der Waals surface area contributed by atoms with Crippen LogP contribution in [-0.4, -0.2) is 42.8 Å². The van der Waals surface area contributed by atoms with E-state index in [4.69, 9.17) is 24.8 Å². The van der Waals surface area contributed by atoms with Crippen LogP contribution >= 0.6 is 31.9 Å². The number of phenolic OH excluding ortho intramolecular Hbond substituents is 3. The summed E-state index contributed by atoms with van der Waals surface area (Å²) < 4.78 is 11.3. The average Bonchev–Trinajstić information content (AvgIpc) is 3.07. The fourth-order valence-electron chi connectivity index (χ4n) is 2.95. The van der Waals surface area contributed by atoms with Crippen LogP contribution in [0, 0.1) is 0 Å². The fraction of sp³-hybridized carbons (Fsp3) is 0.158. The van der Waals surface area contributed by atoms with Gasteiger partial charge in [0.05, 0.1) is 27.7 Å². The number of furan rings is 1. The first kappa shape index (κ1) is 22.3. The van der Waals surface area contributed by atoms with Crippen molar-refractivity contribution in [2.75, 3.05) is 0 Å². The maximum atomic E-state index is 13.4. The zero-order chi connectivity index (χ0) is 22.5. The van der Waals surface area contributed by atoms with Gasteiger partial charge in [-0.25, -0.2) is 0 Å². The smallest absolute Gasteiger partial charge is 0.308 e. The molecule has 1 unspecified atom stereocenters. The predicted molar refractivity (Wildman–Crippen MR) is 117 cm³/mol. The Balaban J connectivity index is 2.30. The van der Waals surface area contributed by atoms with Crippen LogP contribution in [0.1, 0.15) is 41.3 Å². The molecule has 0 aliphatic heterocycles. The lowest BCUT2D eigenvalue weighted by Gasteiger charge is -2.11. The second-order valence-electron chi connectivity index (χ2n) is 6.49. The van der Waals surface area contributed by atoms with Crippen LogP contribution in [0.3, 0.4) is 0 Å². The zero-order valence-electron chi connectivity index (χ0n) is 15.6. The van der Waals surface area contributed by atoms with Crippen molar-refractivity contribution in [3.63, 3.8) is 0 Å². The molecule has 0 bridgehead atoms. The molecule has 1 atom stereocenters. The third-order valence-electron chi connectivity index (χ3n) is 4.27. The van der Waals surface area contributed by atoms with Crippen molar-refractivity contribution in [1.82, 2.24) is 0 Å². The second kappa shape index (κ2) is 8.03. The number of fused-ring (bicyclic) bond motifs is 1. The molecule has 3 aromatic rings. The SMILES string of the molecule is [B]c1c(O)c(O)c(O)c2c(C(=O)c3cc(Br)c(OC(C)=O)c(Br)c3)c(C([B])C)oc12. The van der Waals surface area contributed by atoms with Crippen molar-refractivity contribution in [1.29, 1.82) is 0 Å². The minimum Gasteiger partial charge on any atom is -0.504 e. The molecule has 0 saturated heterocycles. The van der Waals surface area contributed by atoms with Crippen LogP contribution in [0.2, 0.25) is 0 Å². The maximum Gasteiger partial charge on any atom is 0.308 e. The first-order chi connectivity index (χ1) is 14.0. The Morgan fingerprint density at radius 2 is 1.67 bits per heavy atom. The number of hydrogen-bond donors (Lipinski definition) is 3. The van der Waals surface area contributed by atoms with Crippen molar-refractivity contribution in [2.45, 2.75) is 19.7 Å². The van der Waals surface area contributed by atoms with Crippen molar-refractivity contribution in [3.05, 3.63) is 38.0 Å². The lowest BCUT2D eigenvalue weighted by Crippen LogP contribution is -2.08. The van der Waals surface area contributed by atoms with Gasteiger partial charge in [-0.2, -0.15) is 0 Å². The summed E-state index contributed by atoms with van der Waals surface area (Å²) >= 11 is 6.50. The molecule has 3 rings (SSSR count). The minimum absolute atomic E-state index is 0.00157. The Bertz CT molecular complexity index is 1190. The van der Waals surface area contributed by atoms with Gasteiger partial charge in [-0.3, -0.25) is 9.59 Å². The molecule has 7 nitrogen and oxygen atoms in total. The second-order valence-corrected chi connectivity index (χ2v) is 8.19. The van der Waals surface area contributed by atoms with Gasteiger partial charge in [0.2, 0.25) is 5.75 Å². The molecule has 11 heteroatoms. The van der Waals surface area contributed by atoms with Gasteiger partial charge in [-0.05, 0) is 55.3 Å². The van der Waals surface area contributed by atoms with Gasteiger partial charge in [-0.15, -0.1) is 0 Å². The van der Waals surface area contributed by atoms with E-state index in [1.54, 1.807) is 6.92 Å². The van der Waals surface area contributed by atoms with E-state index in [2.05, 4.69) is 31.9 Å². The van der Waals surface area contributed by atoms with Crippen LogP contribution in [0.5, 0.6) is 23.0 Å². The number of phenols is 3. The van der Waals surface area contributed by atoms with E-state index in [9.17, 15) is 24.9 Å². The van der Waals surface area contributed by atoms with Crippen LogP contribution in [0.4, 0.5) is 0 Å². The van der Waals surface area contributed by atoms with Gasteiger partial charge in [0, 0.05) is 12.5 Å². The Morgan fingerprint density at radius 1 is 1.10 bits per heavy atom. The Kier molecular flexibility index (Phi) is 5.97. The lowest BCUT2D eigenvalue weighted by molar-refractivity contribution is -0.131. The van der Waals surface area contributed by atoms with E-state index in [1.165, 1.54) is 19.1 Å². The first-order valence-corrected chi connectivity index (χ1v) is 10.0. The number of benzene rings is 2. The first-order valence-electron chi connectivity index (χ1n) is 8.42.